The number of halogens is 1. The minimum Gasteiger partial charge on any atom is -0.344 e. The first kappa shape index (κ1) is 21.0. The fourth-order valence-electron chi connectivity index (χ4n) is 3.66. The number of nitrogens with zero attached hydrogens (tertiary/aromatic N) is 1. The molecule has 0 radical (unpaired) electrons. The number of aromatic nitrogens is 1. The van der Waals surface area contributed by atoms with Crippen LogP contribution in [0.1, 0.15) is 50.5 Å². The number of fused-ring (bicyclic) bond motifs is 1. The fourth-order valence-corrected chi connectivity index (χ4v) is 4.95. The molecule has 1 aromatic carbocycles. The third-order valence-corrected chi connectivity index (χ3v) is 6.41. The average Bonchev–Trinajstić information content (AvgIpc) is 3.29. The zero-order chi connectivity index (χ0) is 20.1. The van der Waals surface area contributed by atoms with Gasteiger partial charge in [0.25, 0.3) is 0 Å². The van der Waals surface area contributed by atoms with Crippen molar-refractivity contribution in [3.05, 3.63) is 28.2 Å². The highest BCUT2D eigenvalue weighted by molar-refractivity contribution is 7.18. The lowest BCUT2D eigenvalue weighted by molar-refractivity contribution is -0.129. The highest BCUT2D eigenvalue weighted by Crippen LogP contribution is 2.28. The molecule has 1 fully saturated rings. The van der Waals surface area contributed by atoms with E-state index in [0.29, 0.717) is 23.8 Å². The average molecular weight is 423 g/mol. The van der Waals surface area contributed by atoms with Crippen LogP contribution in [0.4, 0.5) is 0 Å². The highest BCUT2D eigenvalue weighted by Gasteiger charge is 2.25. The molecule has 2 amide bonds. The minimum absolute atomic E-state index is 0.173. The standard InChI is InChI=1S/C20H27ClN4O2S/c1-2-18(26)23-15(20(27)25-17(22)9-12-5-3-4-6-12)11-19-24-14-8-7-13(21)10-16(14)28-19/h7-8,10,12,15,17H,2-6,9,11,22H2,1H3,(H,23,26)(H,25,27). The molecule has 2 aromatic rings. The van der Waals surface area contributed by atoms with E-state index >= 15 is 0 Å². The molecule has 0 spiro atoms. The normalized spacial score (nSPS) is 16.8. The smallest absolute Gasteiger partial charge is 0.244 e. The van der Waals surface area contributed by atoms with E-state index in [9.17, 15) is 9.59 Å². The highest BCUT2D eigenvalue weighted by atomic mass is 35.5. The van der Waals surface area contributed by atoms with Crippen molar-refractivity contribution in [2.45, 2.75) is 64.1 Å². The number of thiazole rings is 1. The summed E-state index contributed by atoms with van der Waals surface area (Å²) in [4.78, 5) is 29.3. The van der Waals surface area contributed by atoms with Crippen LogP contribution in [0.5, 0.6) is 0 Å². The van der Waals surface area contributed by atoms with Crippen LogP contribution >= 0.6 is 22.9 Å². The molecule has 1 heterocycles. The van der Waals surface area contributed by atoms with Crippen LogP contribution in [-0.2, 0) is 16.0 Å². The second-order valence-corrected chi connectivity index (χ2v) is 8.95. The van der Waals surface area contributed by atoms with E-state index in [2.05, 4.69) is 15.6 Å². The van der Waals surface area contributed by atoms with Crippen LogP contribution < -0.4 is 16.4 Å². The Morgan fingerprint density at radius 2 is 2.07 bits per heavy atom. The molecule has 1 aromatic heterocycles. The van der Waals surface area contributed by atoms with Gasteiger partial charge in [0.1, 0.15) is 6.04 Å². The lowest BCUT2D eigenvalue weighted by atomic mass is 10.0. The van der Waals surface area contributed by atoms with E-state index in [-0.39, 0.29) is 11.8 Å². The second-order valence-electron chi connectivity index (χ2n) is 7.40. The second kappa shape index (κ2) is 9.67. The number of hydrogen-bond donors (Lipinski definition) is 3. The third-order valence-electron chi connectivity index (χ3n) is 5.14. The van der Waals surface area contributed by atoms with Crippen molar-refractivity contribution in [3.63, 3.8) is 0 Å². The van der Waals surface area contributed by atoms with Crippen molar-refractivity contribution in [2.24, 2.45) is 11.7 Å². The van der Waals surface area contributed by atoms with Gasteiger partial charge in [0.2, 0.25) is 11.8 Å². The van der Waals surface area contributed by atoms with Gasteiger partial charge in [-0.2, -0.15) is 0 Å². The Morgan fingerprint density at radius 1 is 1.32 bits per heavy atom. The molecule has 3 rings (SSSR count). The molecule has 152 valence electrons. The van der Waals surface area contributed by atoms with Gasteiger partial charge < -0.3 is 16.4 Å². The van der Waals surface area contributed by atoms with Crippen molar-refractivity contribution < 1.29 is 9.59 Å². The van der Waals surface area contributed by atoms with Gasteiger partial charge in [0.05, 0.1) is 21.4 Å². The first-order valence-corrected chi connectivity index (χ1v) is 11.0. The molecular weight excluding hydrogens is 396 g/mol. The Bertz CT molecular complexity index is 835. The molecular formula is C20H27ClN4O2S. The van der Waals surface area contributed by atoms with Gasteiger partial charge in [-0.1, -0.05) is 44.2 Å². The molecule has 2 unspecified atom stereocenters. The summed E-state index contributed by atoms with van der Waals surface area (Å²) in [5.41, 5.74) is 6.99. The fraction of sp³-hybridized carbons (Fsp3) is 0.550. The SMILES string of the molecule is CCC(=O)NC(Cc1nc2ccc(Cl)cc2s1)C(=O)NC(N)CC1CCCC1. The van der Waals surface area contributed by atoms with Crippen molar-refractivity contribution in [3.8, 4) is 0 Å². The molecule has 1 aliphatic rings. The zero-order valence-electron chi connectivity index (χ0n) is 16.0. The van der Waals surface area contributed by atoms with Gasteiger partial charge in [-0.15, -0.1) is 11.3 Å². The molecule has 8 heteroatoms. The molecule has 4 N–H and O–H groups in total. The van der Waals surface area contributed by atoms with Gasteiger partial charge in [0.15, 0.2) is 0 Å². The minimum atomic E-state index is -0.696. The van der Waals surface area contributed by atoms with Crippen LogP contribution in [0, 0.1) is 5.92 Å². The molecule has 0 bridgehead atoms. The van der Waals surface area contributed by atoms with E-state index < -0.39 is 12.2 Å². The summed E-state index contributed by atoms with van der Waals surface area (Å²) in [6.45, 7) is 1.76. The maximum Gasteiger partial charge on any atom is 0.244 e. The zero-order valence-corrected chi connectivity index (χ0v) is 17.6. The Morgan fingerprint density at radius 3 is 2.79 bits per heavy atom. The monoisotopic (exact) mass is 422 g/mol. The number of amides is 2. The maximum absolute atomic E-state index is 12.8. The third kappa shape index (κ3) is 5.65. The summed E-state index contributed by atoms with van der Waals surface area (Å²) >= 11 is 7.52. The van der Waals surface area contributed by atoms with E-state index in [1.54, 1.807) is 13.0 Å². The van der Waals surface area contributed by atoms with Crippen LogP contribution in [0.15, 0.2) is 18.2 Å². The number of carbonyl (C=O) groups is 2. The molecule has 6 nitrogen and oxygen atoms in total. The molecule has 1 saturated carbocycles. The Kier molecular flexibility index (Phi) is 7.26. The quantitative estimate of drug-likeness (QED) is 0.568. The topological polar surface area (TPSA) is 97.1 Å². The van der Waals surface area contributed by atoms with Gasteiger partial charge in [-0.05, 0) is 30.5 Å². The largest absolute Gasteiger partial charge is 0.344 e. The molecule has 28 heavy (non-hydrogen) atoms. The number of nitrogens with two attached hydrogens (primary N) is 1. The Balaban J connectivity index is 1.67. The van der Waals surface area contributed by atoms with Gasteiger partial charge in [0, 0.05) is 17.9 Å². The van der Waals surface area contributed by atoms with Crippen molar-refractivity contribution in [2.75, 3.05) is 0 Å². The molecule has 2 atom stereocenters. The van der Waals surface area contributed by atoms with E-state index in [1.807, 2.05) is 12.1 Å². The first-order valence-electron chi connectivity index (χ1n) is 9.85. The molecule has 0 saturated heterocycles. The number of carbonyl (C=O) groups excluding carboxylic acids is 2. The van der Waals surface area contributed by atoms with Crippen molar-refractivity contribution in [1.29, 1.82) is 0 Å². The summed E-state index contributed by atoms with van der Waals surface area (Å²) < 4.78 is 0.960. The summed E-state index contributed by atoms with van der Waals surface area (Å²) in [6, 6.07) is 4.81. The number of hydrogen-bond acceptors (Lipinski definition) is 5. The summed E-state index contributed by atoms with van der Waals surface area (Å²) in [5, 5.41) is 7.11. The predicted molar refractivity (Wildman–Crippen MR) is 113 cm³/mol. The van der Waals surface area contributed by atoms with E-state index in [0.717, 1.165) is 21.6 Å². The number of rotatable bonds is 8. The summed E-state index contributed by atoms with van der Waals surface area (Å²) in [5.74, 6) is 0.145. The lowest BCUT2D eigenvalue weighted by Crippen LogP contribution is -2.53. The van der Waals surface area contributed by atoms with Gasteiger partial charge in [-0.3, -0.25) is 9.59 Å². The first-order chi connectivity index (χ1) is 13.4. The summed E-state index contributed by atoms with van der Waals surface area (Å²) in [6.07, 6.45) is 5.84. The maximum atomic E-state index is 12.8. The van der Waals surface area contributed by atoms with E-state index in [1.165, 1.54) is 37.0 Å². The molecule has 1 aliphatic carbocycles. The Labute approximate surface area is 174 Å². The van der Waals surface area contributed by atoms with Crippen LogP contribution in [0.25, 0.3) is 10.2 Å². The number of nitrogens with one attached hydrogen (secondary N) is 2. The number of benzene rings is 1. The Hall–Kier alpha value is -1.70. The van der Waals surface area contributed by atoms with E-state index in [4.69, 9.17) is 17.3 Å². The van der Waals surface area contributed by atoms with Crippen LogP contribution in [-0.4, -0.2) is 29.0 Å². The van der Waals surface area contributed by atoms with Crippen LogP contribution in [0.2, 0.25) is 5.02 Å². The summed E-state index contributed by atoms with van der Waals surface area (Å²) in [7, 11) is 0. The van der Waals surface area contributed by atoms with Crippen molar-refractivity contribution >= 4 is 45.0 Å². The van der Waals surface area contributed by atoms with Crippen LogP contribution in [0.3, 0.4) is 0 Å². The van der Waals surface area contributed by atoms with Gasteiger partial charge >= 0.3 is 0 Å². The van der Waals surface area contributed by atoms with Gasteiger partial charge in [-0.25, -0.2) is 4.98 Å². The lowest BCUT2D eigenvalue weighted by Gasteiger charge is -2.22. The van der Waals surface area contributed by atoms with Crippen molar-refractivity contribution in [1.82, 2.24) is 15.6 Å². The predicted octanol–water partition coefficient (Wildman–Crippen LogP) is 3.37. The molecule has 0 aliphatic heterocycles.